The van der Waals surface area contributed by atoms with Gasteiger partial charge in [-0.25, -0.2) is 0 Å². The monoisotopic (exact) mass is 182 g/mol. The van der Waals surface area contributed by atoms with E-state index < -0.39 is 31.0 Å². The number of aliphatic hydroxyl groups excluding tert-OH is 5. The van der Waals surface area contributed by atoms with Crippen LogP contribution in [0.15, 0.2) is 0 Å². The number of rotatable bonds is 5. The third-order valence-corrected chi connectivity index (χ3v) is 1.42. The second kappa shape index (κ2) is 5.18. The van der Waals surface area contributed by atoms with E-state index in [1.165, 1.54) is 0 Å². The first-order chi connectivity index (χ1) is 5.54. The Morgan fingerprint density at radius 1 is 1.08 bits per heavy atom. The lowest BCUT2D eigenvalue weighted by Gasteiger charge is -2.22. The first-order valence-electron chi connectivity index (χ1n) is 3.33. The van der Waals surface area contributed by atoms with Gasteiger partial charge in [-0.3, -0.25) is 0 Å². The molecule has 0 rings (SSSR count). The lowest BCUT2D eigenvalue weighted by Crippen LogP contribution is -2.46. The molecule has 12 heavy (non-hydrogen) atoms. The molecular weight excluding hydrogens is 170 g/mol. The van der Waals surface area contributed by atoms with E-state index in [1.807, 2.05) is 0 Å². The average Bonchev–Trinajstić information content (AvgIpc) is 2.12. The third-order valence-electron chi connectivity index (χ3n) is 1.42. The van der Waals surface area contributed by atoms with Crippen molar-refractivity contribution in [3.63, 3.8) is 0 Å². The van der Waals surface area contributed by atoms with Crippen LogP contribution in [-0.2, 0) is 4.79 Å². The summed E-state index contributed by atoms with van der Waals surface area (Å²) in [7, 11) is 0. The molecule has 0 aliphatic heterocycles. The van der Waals surface area contributed by atoms with Crippen molar-refractivity contribution in [2.75, 3.05) is 6.61 Å². The Kier molecular flexibility index (Phi) is 4.95. The van der Waals surface area contributed by atoms with Crippen molar-refractivity contribution >= 4 is 6.29 Å². The molecule has 4 atom stereocenters. The summed E-state index contributed by atoms with van der Waals surface area (Å²) >= 11 is 0. The molecule has 6 heteroatoms. The summed E-state index contributed by atoms with van der Waals surface area (Å²) in [5.41, 5.74) is 0. The Balaban J connectivity index is 4.07. The molecule has 6 nitrogen and oxygen atoms in total. The highest BCUT2D eigenvalue weighted by molar-refractivity contribution is 5.56. The van der Waals surface area contributed by atoms with Gasteiger partial charge in [-0.15, -0.1) is 0 Å². The minimum absolute atomic E-state index is 0.0258. The standard InChI is InChI=1S/C6H12O6/c7-1-3(9)5(11)6(12)4(10)2-8/h1,3-6,8-12H,2H2/t3-,4-,5+,6-/m0/s1/i4+1,6+1. The van der Waals surface area contributed by atoms with E-state index in [1.54, 1.807) is 0 Å². The van der Waals surface area contributed by atoms with Crippen LogP contribution in [0.4, 0.5) is 0 Å². The van der Waals surface area contributed by atoms with Gasteiger partial charge in [0.05, 0.1) is 6.61 Å². The third kappa shape index (κ3) is 2.84. The maximum absolute atomic E-state index is 9.90. The lowest BCUT2D eigenvalue weighted by molar-refractivity contribution is -0.136. The molecule has 0 radical (unpaired) electrons. The highest BCUT2D eigenvalue weighted by atomic mass is 16.5. The molecule has 0 saturated heterocycles. The number of carbonyl (C=O) groups is 1. The molecule has 0 aromatic heterocycles. The summed E-state index contributed by atoms with van der Waals surface area (Å²) < 4.78 is 0. The fraction of sp³-hybridized carbons (Fsp3) is 0.833. The summed E-state index contributed by atoms with van der Waals surface area (Å²) in [5.74, 6) is 0. The van der Waals surface area contributed by atoms with Gasteiger partial charge in [0.2, 0.25) is 0 Å². The number of hydrogen-bond acceptors (Lipinski definition) is 6. The van der Waals surface area contributed by atoms with Crippen molar-refractivity contribution < 1.29 is 30.3 Å². The Labute approximate surface area is 68.7 Å². The fourth-order valence-corrected chi connectivity index (χ4v) is 0.618. The van der Waals surface area contributed by atoms with Crippen LogP contribution in [0.2, 0.25) is 0 Å². The number of hydrogen-bond donors (Lipinski definition) is 5. The summed E-state index contributed by atoms with van der Waals surface area (Å²) in [6.07, 6.45) is -6.84. The largest absolute Gasteiger partial charge is 0.394 e. The van der Waals surface area contributed by atoms with Gasteiger partial charge in [0.25, 0.3) is 0 Å². The Hall–Kier alpha value is -0.530. The van der Waals surface area contributed by atoms with Crippen LogP contribution < -0.4 is 0 Å². The molecule has 0 aliphatic carbocycles. The zero-order valence-corrected chi connectivity index (χ0v) is 6.24. The van der Waals surface area contributed by atoms with Crippen molar-refractivity contribution in [1.82, 2.24) is 0 Å². The van der Waals surface area contributed by atoms with Gasteiger partial charge in [0, 0.05) is 0 Å². The SMILES string of the molecule is O=C[C@H](O)[C@@H](O)[13C@@H](O)[13C@@H](O)CO. The highest BCUT2D eigenvalue weighted by Crippen LogP contribution is 2.02. The van der Waals surface area contributed by atoms with Gasteiger partial charge in [-0.05, 0) is 0 Å². The van der Waals surface area contributed by atoms with Gasteiger partial charge in [0.1, 0.15) is 24.4 Å². The Morgan fingerprint density at radius 2 is 1.58 bits per heavy atom. The van der Waals surface area contributed by atoms with Crippen molar-refractivity contribution in [3.8, 4) is 0 Å². The van der Waals surface area contributed by atoms with E-state index >= 15 is 0 Å². The van der Waals surface area contributed by atoms with Crippen LogP contribution in [0.1, 0.15) is 0 Å². The van der Waals surface area contributed by atoms with Crippen molar-refractivity contribution in [2.24, 2.45) is 0 Å². The number of aliphatic hydroxyl groups is 5. The predicted molar refractivity (Wildman–Crippen MR) is 37.2 cm³/mol. The van der Waals surface area contributed by atoms with Crippen molar-refractivity contribution in [2.45, 2.75) is 24.4 Å². The molecular formula is C6H12O6. The first-order valence-corrected chi connectivity index (χ1v) is 3.33. The summed E-state index contributed by atoms with van der Waals surface area (Å²) in [5, 5.41) is 43.5. The molecule has 0 heterocycles. The maximum Gasteiger partial charge on any atom is 0.151 e. The van der Waals surface area contributed by atoms with E-state index in [2.05, 4.69) is 0 Å². The van der Waals surface area contributed by atoms with Gasteiger partial charge in [-0.2, -0.15) is 0 Å². The molecule has 72 valence electrons. The first kappa shape index (κ1) is 11.5. The zero-order valence-electron chi connectivity index (χ0n) is 6.24. The number of carbonyl (C=O) groups excluding carboxylic acids is 1. The minimum Gasteiger partial charge on any atom is -0.394 e. The minimum atomic E-state index is -1.79. The van der Waals surface area contributed by atoms with Crippen LogP contribution in [0.5, 0.6) is 0 Å². The van der Waals surface area contributed by atoms with Crippen LogP contribution in [0, 0.1) is 0 Å². The maximum atomic E-state index is 9.90. The summed E-state index contributed by atoms with van der Waals surface area (Å²) in [4.78, 5) is 9.90. The fourth-order valence-electron chi connectivity index (χ4n) is 0.618. The second-order valence-corrected chi connectivity index (χ2v) is 2.36. The van der Waals surface area contributed by atoms with Gasteiger partial charge in [0.15, 0.2) is 6.29 Å². The molecule has 0 bridgehead atoms. The van der Waals surface area contributed by atoms with Crippen molar-refractivity contribution in [3.05, 3.63) is 0 Å². The molecule has 0 aromatic rings. The molecule has 5 N–H and O–H groups in total. The molecule has 0 spiro atoms. The van der Waals surface area contributed by atoms with E-state index in [-0.39, 0.29) is 6.29 Å². The Bertz CT molecular complexity index is 138. The normalized spacial score (nSPS) is 21.1. The molecule has 0 saturated carbocycles. The molecule has 0 aliphatic rings. The summed E-state index contributed by atoms with van der Waals surface area (Å²) in [6, 6.07) is 0. The van der Waals surface area contributed by atoms with E-state index in [4.69, 9.17) is 25.5 Å². The van der Waals surface area contributed by atoms with Crippen LogP contribution in [-0.4, -0.2) is 62.8 Å². The molecule has 0 unspecified atom stereocenters. The highest BCUT2D eigenvalue weighted by Gasteiger charge is 2.29. The molecule has 0 aromatic carbocycles. The van der Waals surface area contributed by atoms with Crippen molar-refractivity contribution in [1.29, 1.82) is 0 Å². The van der Waals surface area contributed by atoms with E-state index in [9.17, 15) is 4.79 Å². The van der Waals surface area contributed by atoms with Crippen LogP contribution in [0.3, 0.4) is 0 Å². The van der Waals surface area contributed by atoms with Gasteiger partial charge >= 0.3 is 0 Å². The second-order valence-electron chi connectivity index (χ2n) is 2.36. The lowest BCUT2D eigenvalue weighted by atomic mass is 10.3. The topological polar surface area (TPSA) is 118 Å². The van der Waals surface area contributed by atoms with Gasteiger partial charge < -0.3 is 30.3 Å². The number of aldehydes is 1. The smallest absolute Gasteiger partial charge is 0.151 e. The van der Waals surface area contributed by atoms with E-state index in [0.29, 0.717) is 0 Å². The van der Waals surface area contributed by atoms with Gasteiger partial charge in [-0.1, -0.05) is 0 Å². The summed E-state index contributed by atoms with van der Waals surface area (Å²) in [6.45, 7) is -0.760. The van der Waals surface area contributed by atoms with Crippen LogP contribution in [0.25, 0.3) is 0 Å². The molecule has 0 fully saturated rings. The average molecular weight is 182 g/mol. The van der Waals surface area contributed by atoms with E-state index in [0.717, 1.165) is 0 Å². The zero-order chi connectivity index (χ0) is 9.72. The van der Waals surface area contributed by atoms with Crippen LogP contribution >= 0.6 is 0 Å². The Morgan fingerprint density at radius 3 is 1.92 bits per heavy atom. The quantitative estimate of drug-likeness (QED) is 0.223. The predicted octanol–water partition coefficient (Wildman–Crippen LogP) is -3.38. The molecule has 0 amide bonds.